The number of aromatic amines is 1. The predicted octanol–water partition coefficient (Wildman–Crippen LogP) is 6.28. The number of esters is 1. The number of pyridine rings is 1. The van der Waals surface area contributed by atoms with Crippen molar-refractivity contribution in [3.63, 3.8) is 0 Å². The number of hydrogen-bond donors (Lipinski definition) is 1. The predicted molar refractivity (Wildman–Crippen MR) is 127 cm³/mol. The molecule has 0 aliphatic carbocycles. The Balaban J connectivity index is 1.44. The molecule has 0 saturated heterocycles. The van der Waals surface area contributed by atoms with Crippen LogP contribution in [0.15, 0.2) is 60.8 Å². The fraction of sp³-hybridized carbons (Fsp3) is 0.259. The average molecular weight is 483 g/mol. The molecule has 8 heteroatoms. The second-order valence-corrected chi connectivity index (χ2v) is 8.09. The molecule has 4 rings (SSSR count). The van der Waals surface area contributed by atoms with Crippen LogP contribution in [0.3, 0.4) is 0 Å². The number of nitrogens with one attached hydrogen (secondary N) is 1. The van der Waals surface area contributed by atoms with E-state index in [2.05, 4.69) is 9.97 Å². The summed E-state index contributed by atoms with van der Waals surface area (Å²) in [5.74, 6) is 0.382. The minimum Gasteiger partial charge on any atom is -0.493 e. The molecule has 4 aromatic rings. The third-order valence-corrected chi connectivity index (χ3v) is 5.72. The maximum Gasteiger partial charge on any atom is 0.416 e. The first-order valence-electron chi connectivity index (χ1n) is 11.3. The van der Waals surface area contributed by atoms with Crippen LogP contribution in [0.25, 0.3) is 22.2 Å². The van der Waals surface area contributed by atoms with E-state index in [1.54, 1.807) is 19.2 Å². The lowest BCUT2D eigenvalue weighted by atomic mass is 10.1. The Morgan fingerprint density at radius 1 is 1.03 bits per heavy atom. The fourth-order valence-corrected chi connectivity index (χ4v) is 3.96. The Hall–Kier alpha value is -3.81. The second kappa shape index (κ2) is 10.2. The summed E-state index contributed by atoms with van der Waals surface area (Å²) in [5, 5.41) is 0.855. The summed E-state index contributed by atoms with van der Waals surface area (Å²) < 4.78 is 49.6. The molecule has 0 atom stereocenters. The van der Waals surface area contributed by atoms with E-state index in [9.17, 15) is 18.0 Å². The van der Waals surface area contributed by atoms with E-state index < -0.39 is 11.7 Å². The number of halogens is 3. The largest absolute Gasteiger partial charge is 0.493 e. The number of alkyl halides is 3. The van der Waals surface area contributed by atoms with Crippen LogP contribution in [0.2, 0.25) is 0 Å². The summed E-state index contributed by atoms with van der Waals surface area (Å²) in [4.78, 5) is 19.7. The van der Waals surface area contributed by atoms with Gasteiger partial charge in [0.05, 0.1) is 30.9 Å². The lowest BCUT2D eigenvalue weighted by molar-refractivity contribution is -0.142. The molecular weight excluding hydrogens is 457 g/mol. The fourth-order valence-electron chi connectivity index (χ4n) is 3.96. The zero-order valence-electron chi connectivity index (χ0n) is 19.4. The van der Waals surface area contributed by atoms with Gasteiger partial charge in [-0.1, -0.05) is 24.3 Å². The molecule has 0 aliphatic heterocycles. The van der Waals surface area contributed by atoms with Gasteiger partial charge in [-0.05, 0) is 55.3 Å². The van der Waals surface area contributed by atoms with Gasteiger partial charge in [0.15, 0.2) is 0 Å². The molecule has 0 bridgehead atoms. The number of hydrogen-bond acceptors (Lipinski definition) is 4. The monoisotopic (exact) mass is 482 g/mol. The van der Waals surface area contributed by atoms with E-state index >= 15 is 0 Å². The first-order chi connectivity index (χ1) is 16.8. The van der Waals surface area contributed by atoms with Gasteiger partial charge in [-0.15, -0.1) is 0 Å². The Morgan fingerprint density at radius 2 is 1.80 bits per heavy atom. The quantitative estimate of drug-likeness (QED) is 0.300. The van der Waals surface area contributed by atoms with Crippen LogP contribution in [0.4, 0.5) is 13.2 Å². The molecule has 182 valence electrons. The van der Waals surface area contributed by atoms with Crippen LogP contribution in [0.5, 0.6) is 5.75 Å². The molecule has 0 radical (unpaired) electrons. The number of H-pyrrole nitrogens is 1. The molecule has 2 aromatic heterocycles. The van der Waals surface area contributed by atoms with E-state index in [4.69, 9.17) is 9.47 Å². The summed E-state index contributed by atoms with van der Waals surface area (Å²) in [6.45, 7) is 4.36. The van der Waals surface area contributed by atoms with Gasteiger partial charge < -0.3 is 14.5 Å². The van der Waals surface area contributed by atoms with Crippen LogP contribution in [-0.4, -0.2) is 29.2 Å². The smallest absolute Gasteiger partial charge is 0.416 e. The minimum atomic E-state index is -4.37. The highest BCUT2D eigenvalue weighted by Crippen LogP contribution is 2.31. The van der Waals surface area contributed by atoms with Gasteiger partial charge in [0.1, 0.15) is 5.75 Å². The highest BCUT2D eigenvalue weighted by Gasteiger charge is 2.30. The molecule has 0 unspecified atom stereocenters. The molecule has 0 fully saturated rings. The number of carbonyl (C=O) groups excluding carboxylic acids is 1. The van der Waals surface area contributed by atoms with E-state index in [1.165, 1.54) is 12.1 Å². The van der Waals surface area contributed by atoms with Crippen molar-refractivity contribution >= 4 is 16.9 Å². The van der Waals surface area contributed by atoms with Gasteiger partial charge in [0, 0.05) is 34.8 Å². The van der Waals surface area contributed by atoms with Crippen molar-refractivity contribution in [1.82, 2.24) is 9.97 Å². The van der Waals surface area contributed by atoms with E-state index in [0.29, 0.717) is 36.6 Å². The second-order valence-electron chi connectivity index (χ2n) is 8.09. The molecule has 0 amide bonds. The van der Waals surface area contributed by atoms with Crippen molar-refractivity contribution in [2.24, 2.45) is 0 Å². The van der Waals surface area contributed by atoms with Crippen LogP contribution < -0.4 is 4.74 Å². The van der Waals surface area contributed by atoms with Crippen molar-refractivity contribution in [3.05, 3.63) is 83.2 Å². The van der Waals surface area contributed by atoms with Gasteiger partial charge >= 0.3 is 12.1 Å². The number of benzene rings is 2. The van der Waals surface area contributed by atoms with E-state index in [1.807, 2.05) is 31.2 Å². The maximum atomic E-state index is 12.8. The molecule has 2 heterocycles. The van der Waals surface area contributed by atoms with Crippen LogP contribution in [0.1, 0.15) is 29.3 Å². The summed E-state index contributed by atoms with van der Waals surface area (Å²) >= 11 is 0. The van der Waals surface area contributed by atoms with Gasteiger partial charge in [-0.3, -0.25) is 9.78 Å². The molecule has 0 aliphatic rings. The Bertz CT molecular complexity index is 1330. The topological polar surface area (TPSA) is 64.2 Å². The van der Waals surface area contributed by atoms with Crippen molar-refractivity contribution in [1.29, 1.82) is 0 Å². The number of ether oxygens (including phenoxy) is 2. The zero-order valence-corrected chi connectivity index (χ0v) is 19.4. The standard InChI is InChI=1S/C27H25F3N2O3/c1-3-34-25(33)15-20-16-31-23-5-4-6-24(26(20)23)35-14-13-18-9-12-22(32-17(18)2)19-7-10-21(11-8-19)27(28,29)30/h4-12,16,31H,3,13-15H2,1-2H3. The van der Waals surface area contributed by atoms with E-state index in [-0.39, 0.29) is 12.4 Å². The molecular formula is C27H25F3N2O3. The first-order valence-corrected chi connectivity index (χ1v) is 11.3. The molecule has 2 aromatic carbocycles. The van der Waals surface area contributed by atoms with Crippen molar-refractivity contribution in [2.45, 2.75) is 32.9 Å². The molecule has 5 nitrogen and oxygen atoms in total. The molecule has 0 saturated carbocycles. The Kier molecular flexibility index (Phi) is 7.10. The Labute approximate surface area is 200 Å². The number of aromatic nitrogens is 2. The van der Waals surface area contributed by atoms with Crippen molar-refractivity contribution in [3.8, 4) is 17.0 Å². The lowest BCUT2D eigenvalue weighted by Gasteiger charge is -2.12. The molecule has 1 N–H and O–H groups in total. The SMILES string of the molecule is CCOC(=O)Cc1c[nH]c2cccc(OCCc3ccc(-c4ccc(C(F)(F)F)cc4)nc3C)c12. The van der Waals surface area contributed by atoms with E-state index in [0.717, 1.165) is 39.9 Å². The number of aryl methyl sites for hydroxylation is 1. The van der Waals surface area contributed by atoms with Crippen LogP contribution in [0, 0.1) is 6.92 Å². The van der Waals surface area contributed by atoms with Crippen LogP contribution in [-0.2, 0) is 28.5 Å². The highest BCUT2D eigenvalue weighted by atomic mass is 19.4. The first kappa shape index (κ1) is 24.3. The van der Waals surface area contributed by atoms with Gasteiger partial charge in [-0.25, -0.2) is 0 Å². The molecule has 35 heavy (non-hydrogen) atoms. The van der Waals surface area contributed by atoms with Crippen molar-refractivity contribution < 1.29 is 27.4 Å². The number of fused-ring (bicyclic) bond motifs is 1. The zero-order chi connectivity index (χ0) is 25.0. The summed E-state index contributed by atoms with van der Waals surface area (Å²) in [7, 11) is 0. The average Bonchev–Trinajstić information content (AvgIpc) is 3.23. The number of rotatable bonds is 8. The summed E-state index contributed by atoms with van der Waals surface area (Å²) in [5.41, 5.74) is 4.00. The molecule has 0 spiro atoms. The Morgan fingerprint density at radius 3 is 2.49 bits per heavy atom. The maximum absolute atomic E-state index is 12.8. The third-order valence-electron chi connectivity index (χ3n) is 5.72. The highest BCUT2D eigenvalue weighted by molar-refractivity contribution is 5.92. The van der Waals surface area contributed by atoms with Crippen LogP contribution >= 0.6 is 0 Å². The number of carbonyl (C=O) groups is 1. The lowest BCUT2D eigenvalue weighted by Crippen LogP contribution is -2.08. The minimum absolute atomic E-state index is 0.155. The summed E-state index contributed by atoms with van der Waals surface area (Å²) in [6.07, 6.45) is -1.82. The van der Waals surface area contributed by atoms with Gasteiger partial charge in [0.2, 0.25) is 0 Å². The van der Waals surface area contributed by atoms with Gasteiger partial charge in [-0.2, -0.15) is 13.2 Å². The van der Waals surface area contributed by atoms with Gasteiger partial charge in [0.25, 0.3) is 0 Å². The number of nitrogens with zero attached hydrogens (tertiary/aromatic N) is 1. The normalized spacial score (nSPS) is 11.6. The third kappa shape index (κ3) is 5.65. The van der Waals surface area contributed by atoms with Crippen molar-refractivity contribution in [2.75, 3.05) is 13.2 Å². The summed E-state index contributed by atoms with van der Waals surface area (Å²) in [6, 6.07) is 14.4.